The fourth-order valence-corrected chi connectivity index (χ4v) is 1.82. The summed E-state index contributed by atoms with van der Waals surface area (Å²) in [7, 11) is 0. The summed E-state index contributed by atoms with van der Waals surface area (Å²) in [5, 5.41) is 0. The highest BCUT2D eigenvalue weighted by Crippen LogP contribution is 2.18. The van der Waals surface area contributed by atoms with Crippen LogP contribution in [0, 0.1) is 0 Å². The summed E-state index contributed by atoms with van der Waals surface area (Å²) < 4.78 is 5.28. The van der Waals surface area contributed by atoms with E-state index in [1.54, 1.807) is 0 Å². The van der Waals surface area contributed by atoms with E-state index >= 15 is 0 Å². The lowest BCUT2D eigenvalue weighted by Gasteiger charge is -2.40. The van der Waals surface area contributed by atoms with Crippen LogP contribution in [-0.4, -0.2) is 31.2 Å². The maximum absolute atomic E-state index is 6.16. The fourth-order valence-electron chi connectivity index (χ4n) is 1.82. The molecule has 0 amide bonds. The molecule has 1 heterocycles. The normalized spacial score (nSPS) is 19.1. The maximum atomic E-state index is 6.16. The van der Waals surface area contributed by atoms with E-state index in [0.717, 1.165) is 18.7 Å². The first kappa shape index (κ1) is 10.6. The van der Waals surface area contributed by atoms with Gasteiger partial charge < -0.3 is 4.74 Å². The second-order valence-electron chi connectivity index (χ2n) is 3.79. The van der Waals surface area contributed by atoms with Crippen LogP contribution in [0.2, 0.25) is 0 Å². The number of nitrogens with two attached hydrogens (primary N) is 2. The first-order chi connectivity index (χ1) is 7.21. The molecule has 1 fully saturated rings. The second-order valence-corrected chi connectivity index (χ2v) is 3.79. The number of morpholine rings is 1. The topological polar surface area (TPSA) is 64.5 Å². The van der Waals surface area contributed by atoms with Crippen molar-refractivity contribution in [1.82, 2.24) is 4.90 Å². The Bertz CT molecular complexity index is 307. The van der Waals surface area contributed by atoms with Crippen molar-refractivity contribution in [3.63, 3.8) is 0 Å². The smallest absolute Gasteiger partial charge is 0.148 e. The Morgan fingerprint density at radius 2 is 1.67 bits per heavy atom. The van der Waals surface area contributed by atoms with Gasteiger partial charge in [-0.3, -0.25) is 16.4 Å². The van der Waals surface area contributed by atoms with Crippen molar-refractivity contribution < 1.29 is 4.74 Å². The Morgan fingerprint density at radius 3 is 2.27 bits per heavy atom. The van der Waals surface area contributed by atoms with Gasteiger partial charge in [0.2, 0.25) is 0 Å². The van der Waals surface area contributed by atoms with E-state index in [1.165, 1.54) is 0 Å². The average molecular weight is 207 g/mol. The van der Waals surface area contributed by atoms with Gasteiger partial charge in [0.25, 0.3) is 0 Å². The van der Waals surface area contributed by atoms with Gasteiger partial charge in [0, 0.05) is 18.7 Å². The van der Waals surface area contributed by atoms with E-state index in [9.17, 15) is 0 Å². The minimum absolute atomic E-state index is 0.697. The largest absolute Gasteiger partial charge is 0.379 e. The summed E-state index contributed by atoms with van der Waals surface area (Å²) >= 11 is 0. The molecule has 1 saturated heterocycles. The third-order valence-corrected chi connectivity index (χ3v) is 2.77. The van der Waals surface area contributed by atoms with Gasteiger partial charge in [-0.25, -0.2) is 0 Å². The molecule has 15 heavy (non-hydrogen) atoms. The molecule has 82 valence electrons. The zero-order valence-corrected chi connectivity index (χ0v) is 8.73. The highest BCUT2D eigenvalue weighted by atomic mass is 16.5. The predicted octanol–water partition coefficient (Wildman–Crippen LogP) is 0.0465. The third-order valence-electron chi connectivity index (χ3n) is 2.77. The van der Waals surface area contributed by atoms with Crippen molar-refractivity contribution in [2.45, 2.75) is 5.79 Å². The molecule has 0 unspecified atom stereocenters. The Kier molecular flexibility index (Phi) is 3.02. The number of nitrogens with zero attached hydrogens (tertiary/aromatic N) is 1. The summed E-state index contributed by atoms with van der Waals surface area (Å²) in [4.78, 5) is 2.05. The summed E-state index contributed by atoms with van der Waals surface area (Å²) in [5.74, 6) is -0.884. The summed E-state index contributed by atoms with van der Waals surface area (Å²) in [5.41, 5.74) is 13.3. The van der Waals surface area contributed by atoms with Gasteiger partial charge in [-0.15, -0.1) is 0 Å². The second kappa shape index (κ2) is 4.28. The Morgan fingerprint density at radius 1 is 1.07 bits per heavy atom. The number of ether oxygens (including phenoxy) is 1. The van der Waals surface area contributed by atoms with Crippen LogP contribution >= 0.6 is 0 Å². The molecule has 0 saturated carbocycles. The molecule has 1 aliphatic rings. The van der Waals surface area contributed by atoms with Crippen LogP contribution in [0.15, 0.2) is 30.3 Å². The molecule has 4 nitrogen and oxygen atoms in total. The van der Waals surface area contributed by atoms with Crippen LogP contribution in [0.5, 0.6) is 0 Å². The van der Waals surface area contributed by atoms with Crippen molar-refractivity contribution in [1.29, 1.82) is 0 Å². The minimum Gasteiger partial charge on any atom is -0.379 e. The first-order valence-corrected chi connectivity index (χ1v) is 5.17. The van der Waals surface area contributed by atoms with Gasteiger partial charge in [-0.05, 0) is 0 Å². The molecular weight excluding hydrogens is 190 g/mol. The van der Waals surface area contributed by atoms with Crippen LogP contribution < -0.4 is 11.5 Å². The van der Waals surface area contributed by atoms with Crippen molar-refractivity contribution in [3.8, 4) is 0 Å². The van der Waals surface area contributed by atoms with Crippen molar-refractivity contribution in [3.05, 3.63) is 35.9 Å². The maximum Gasteiger partial charge on any atom is 0.148 e. The standard InChI is InChI=1S/C11H17N3O/c12-11(13,10-4-2-1-3-5-10)14-6-8-15-9-7-14/h1-5H,6-9,12-13H2. The first-order valence-electron chi connectivity index (χ1n) is 5.17. The number of rotatable bonds is 2. The van der Waals surface area contributed by atoms with E-state index in [0.29, 0.717) is 13.2 Å². The lowest BCUT2D eigenvalue weighted by molar-refractivity contribution is -0.0211. The predicted molar refractivity (Wildman–Crippen MR) is 58.9 cm³/mol. The Hall–Kier alpha value is -0.940. The fraction of sp³-hybridized carbons (Fsp3) is 0.455. The lowest BCUT2D eigenvalue weighted by Crippen LogP contribution is -2.62. The van der Waals surface area contributed by atoms with Crippen molar-refractivity contribution in [2.24, 2.45) is 11.5 Å². The van der Waals surface area contributed by atoms with E-state index in [2.05, 4.69) is 0 Å². The molecule has 0 bridgehead atoms. The molecule has 2 rings (SSSR count). The SMILES string of the molecule is NC(N)(c1ccccc1)N1CCOCC1. The lowest BCUT2D eigenvalue weighted by atomic mass is 10.1. The van der Waals surface area contributed by atoms with Gasteiger partial charge in [0.1, 0.15) is 5.79 Å². The molecule has 1 aromatic rings. The Balaban J connectivity index is 2.18. The monoisotopic (exact) mass is 207 g/mol. The molecule has 0 aliphatic carbocycles. The van der Waals surface area contributed by atoms with E-state index in [1.807, 2.05) is 35.2 Å². The van der Waals surface area contributed by atoms with Gasteiger partial charge in [0.05, 0.1) is 13.2 Å². The Labute approximate surface area is 89.8 Å². The molecule has 1 aromatic carbocycles. The molecule has 4 N–H and O–H groups in total. The number of benzene rings is 1. The van der Waals surface area contributed by atoms with Gasteiger partial charge >= 0.3 is 0 Å². The summed E-state index contributed by atoms with van der Waals surface area (Å²) in [6, 6.07) is 9.76. The van der Waals surface area contributed by atoms with Gasteiger partial charge in [-0.2, -0.15) is 0 Å². The van der Waals surface area contributed by atoms with E-state index in [-0.39, 0.29) is 0 Å². The van der Waals surface area contributed by atoms with Crippen LogP contribution in [-0.2, 0) is 10.5 Å². The molecule has 0 radical (unpaired) electrons. The molecule has 0 aromatic heterocycles. The quantitative estimate of drug-likeness (QED) is 0.672. The highest BCUT2D eigenvalue weighted by molar-refractivity contribution is 5.22. The summed E-state index contributed by atoms with van der Waals surface area (Å²) in [6.45, 7) is 2.95. The molecule has 0 spiro atoms. The number of hydrogen-bond acceptors (Lipinski definition) is 4. The van der Waals surface area contributed by atoms with Crippen molar-refractivity contribution in [2.75, 3.05) is 26.3 Å². The molecule has 4 heteroatoms. The highest BCUT2D eigenvalue weighted by Gasteiger charge is 2.30. The van der Waals surface area contributed by atoms with Crippen LogP contribution in [0.25, 0.3) is 0 Å². The van der Waals surface area contributed by atoms with Crippen molar-refractivity contribution >= 4 is 0 Å². The van der Waals surface area contributed by atoms with Gasteiger partial charge in [0.15, 0.2) is 0 Å². The van der Waals surface area contributed by atoms with Crippen LogP contribution in [0.1, 0.15) is 5.56 Å². The zero-order valence-electron chi connectivity index (χ0n) is 8.73. The molecule has 1 aliphatic heterocycles. The van der Waals surface area contributed by atoms with E-state index in [4.69, 9.17) is 16.2 Å². The van der Waals surface area contributed by atoms with Crippen LogP contribution in [0.3, 0.4) is 0 Å². The zero-order chi connectivity index (χ0) is 10.7. The van der Waals surface area contributed by atoms with E-state index < -0.39 is 5.79 Å². The average Bonchev–Trinajstić information content (AvgIpc) is 2.31. The van der Waals surface area contributed by atoms with Gasteiger partial charge in [-0.1, -0.05) is 30.3 Å². The molecular formula is C11H17N3O. The number of hydrogen-bond donors (Lipinski definition) is 2. The third kappa shape index (κ3) is 2.18. The summed E-state index contributed by atoms with van der Waals surface area (Å²) in [6.07, 6.45) is 0. The molecule has 0 atom stereocenters. The van der Waals surface area contributed by atoms with Crippen LogP contribution in [0.4, 0.5) is 0 Å². The minimum atomic E-state index is -0.884.